The predicted molar refractivity (Wildman–Crippen MR) is 79.8 cm³/mol. The Morgan fingerprint density at radius 1 is 1.29 bits per heavy atom. The highest BCUT2D eigenvalue weighted by atomic mass is 16.7. The van der Waals surface area contributed by atoms with Gasteiger partial charge in [0.2, 0.25) is 0 Å². The first-order valence-electron chi connectivity index (χ1n) is 7.41. The molecule has 0 amide bonds. The highest BCUT2D eigenvalue weighted by molar-refractivity contribution is 5.79. The van der Waals surface area contributed by atoms with E-state index >= 15 is 0 Å². The summed E-state index contributed by atoms with van der Waals surface area (Å²) in [6, 6.07) is 10.3. The number of hydrogen-bond acceptors (Lipinski definition) is 3. The Labute approximate surface area is 125 Å². The van der Waals surface area contributed by atoms with E-state index in [-0.39, 0.29) is 6.10 Å². The molecule has 1 saturated heterocycles. The van der Waals surface area contributed by atoms with Gasteiger partial charge in [0.05, 0.1) is 12.7 Å². The normalized spacial score (nSPS) is 22.5. The SMILES string of the molecule is O=C(O)C=CCCCC[C@@H]1COCO[C@@H]1c1ccccc1. The van der Waals surface area contributed by atoms with Crippen molar-refractivity contribution in [1.82, 2.24) is 0 Å². The average molecular weight is 290 g/mol. The van der Waals surface area contributed by atoms with E-state index in [0.29, 0.717) is 12.7 Å². The van der Waals surface area contributed by atoms with Gasteiger partial charge in [-0.3, -0.25) is 0 Å². The third kappa shape index (κ3) is 5.33. The molecular weight excluding hydrogens is 268 g/mol. The van der Waals surface area contributed by atoms with Crippen molar-refractivity contribution in [3.8, 4) is 0 Å². The number of aliphatic carboxylic acids is 1. The molecule has 4 heteroatoms. The van der Waals surface area contributed by atoms with Gasteiger partial charge in [0, 0.05) is 12.0 Å². The van der Waals surface area contributed by atoms with Crippen LogP contribution in [0.1, 0.15) is 37.4 Å². The molecule has 2 atom stereocenters. The number of hydrogen-bond donors (Lipinski definition) is 1. The molecule has 2 rings (SSSR count). The van der Waals surface area contributed by atoms with E-state index < -0.39 is 5.97 Å². The Morgan fingerprint density at radius 2 is 2.10 bits per heavy atom. The lowest BCUT2D eigenvalue weighted by Gasteiger charge is -2.32. The molecule has 1 aliphatic heterocycles. The van der Waals surface area contributed by atoms with Gasteiger partial charge in [0.1, 0.15) is 6.79 Å². The third-order valence-electron chi connectivity index (χ3n) is 3.68. The van der Waals surface area contributed by atoms with E-state index in [2.05, 4.69) is 12.1 Å². The van der Waals surface area contributed by atoms with Gasteiger partial charge in [-0.05, 0) is 24.8 Å². The van der Waals surface area contributed by atoms with Crippen LogP contribution >= 0.6 is 0 Å². The summed E-state index contributed by atoms with van der Waals surface area (Å²) >= 11 is 0. The fourth-order valence-electron chi connectivity index (χ4n) is 2.64. The third-order valence-corrected chi connectivity index (χ3v) is 3.68. The van der Waals surface area contributed by atoms with Gasteiger partial charge in [0.25, 0.3) is 0 Å². The van der Waals surface area contributed by atoms with Crippen LogP contribution in [-0.4, -0.2) is 24.5 Å². The molecule has 1 heterocycles. The summed E-state index contributed by atoms with van der Waals surface area (Å²) in [7, 11) is 0. The second kappa shape index (κ2) is 8.60. The number of carbonyl (C=O) groups is 1. The maximum Gasteiger partial charge on any atom is 0.327 e. The average Bonchev–Trinajstić information content (AvgIpc) is 2.52. The van der Waals surface area contributed by atoms with E-state index in [1.165, 1.54) is 11.6 Å². The summed E-state index contributed by atoms with van der Waals surface area (Å²) in [5, 5.41) is 8.51. The molecule has 1 aromatic rings. The zero-order chi connectivity index (χ0) is 14.9. The number of benzene rings is 1. The van der Waals surface area contributed by atoms with Crippen LogP contribution in [0.15, 0.2) is 42.5 Å². The number of carboxylic acid groups (broad SMARTS) is 1. The molecule has 1 N–H and O–H groups in total. The van der Waals surface area contributed by atoms with Crippen LogP contribution in [0.4, 0.5) is 0 Å². The van der Waals surface area contributed by atoms with Gasteiger partial charge in [0.15, 0.2) is 0 Å². The van der Waals surface area contributed by atoms with Crippen molar-refractivity contribution in [2.24, 2.45) is 5.92 Å². The summed E-state index contributed by atoms with van der Waals surface area (Å²) in [5.74, 6) is -0.516. The van der Waals surface area contributed by atoms with E-state index in [9.17, 15) is 4.79 Å². The molecule has 1 fully saturated rings. The first-order valence-corrected chi connectivity index (χ1v) is 7.41. The van der Waals surface area contributed by atoms with Crippen LogP contribution in [0.25, 0.3) is 0 Å². The topological polar surface area (TPSA) is 55.8 Å². The minimum Gasteiger partial charge on any atom is -0.478 e. The molecule has 21 heavy (non-hydrogen) atoms. The molecule has 114 valence electrons. The van der Waals surface area contributed by atoms with Crippen molar-refractivity contribution in [3.63, 3.8) is 0 Å². The first-order chi connectivity index (χ1) is 10.3. The van der Waals surface area contributed by atoms with Gasteiger partial charge in [-0.1, -0.05) is 42.8 Å². The number of ether oxygens (including phenoxy) is 2. The molecule has 1 aliphatic rings. The molecule has 0 aliphatic carbocycles. The maximum absolute atomic E-state index is 10.4. The van der Waals surface area contributed by atoms with Crippen LogP contribution < -0.4 is 0 Å². The van der Waals surface area contributed by atoms with E-state index in [4.69, 9.17) is 14.6 Å². The number of rotatable bonds is 7. The van der Waals surface area contributed by atoms with Gasteiger partial charge < -0.3 is 14.6 Å². The predicted octanol–water partition coefficient (Wildman–Crippen LogP) is 3.55. The zero-order valence-electron chi connectivity index (χ0n) is 12.1. The number of carboxylic acids is 1. The lowest BCUT2D eigenvalue weighted by atomic mass is 9.91. The van der Waals surface area contributed by atoms with Crippen LogP contribution in [0, 0.1) is 5.92 Å². The molecule has 1 aromatic carbocycles. The van der Waals surface area contributed by atoms with E-state index in [1.54, 1.807) is 6.08 Å². The monoisotopic (exact) mass is 290 g/mol. The van der Waals surface area contributed by atoms with Gasteiger partial charge in [-0.15, -0.1) is 0 Å². The highest BCUT2D eigenvalue weighted by Gasteiger charge is 2.27. The number of unbranched alkanes of at least 4 members (excludes halogenated alkanes) is 2. The van der Waals surface area contributed by atoms with Crippen LogP contribution in [0.3, 0.4) is 0 Å². The van der Waals surface area contributed by atoms with Crippen LogP contribution in [0.5, 0.6) is 0 Å². The van der Waals surface area contributed by atoms with E-state index in [0.717, 1.165) is 32.3 Å². The molecule has 0 aromatic heterocycles. The summed E-state index contributed by atoms with van der Waals surface area (Å²) in [4.78, 5) is 10.4. The Kier molecular flexibility index (Phi) is 6.44. The van der Waals surface area contributed by atoms with Crippen LogP contribution in [0.2, 0.25) is 0 Å². The maximum atomic E-state index is 10.4. The largest absolute Gasteiger partial charge is 0.478 e. The fraction of sp³-hybridized carbons (Fsp3) is 0.471. The van der Waals surface area contributed by atoms with Gasteiger partial charge in [-0.25, -0.2) is 4.79 Å². The zero-order valence-corrected chi connectivity index (χ0v) is 12.1. The highest BCUT2D eigenvalue weighted by Crippen LogP contribution is 2.33. The van der Waals surface area contributed by atoms with E-state index in [1.807, 2.05) is 18.2 Å². The quantitative estimate of drug-likeness (QED) is 0.616. The summed E-state index contributed by atoms with van der Waals surface area (Å²) in [6.07, 6.45) is 6.89. The summed E-state index contributed by atoms with van der Waals surface area (Å²) in [5.41, 5.74) is 1.21. The van der Waals surface area contributed by atoms with Crippen molar-refractivity contribution in [3.05, 3.63) is 48.0 Å². The van der Waals surface area contributed by atoms with Gasteiger partial charge in [-0.2, -0.15) is 0 Å². The second-order valence-electron chi connectivity index (χ2n) is 5.27. The second-order valence-corrected chi connectivity index (χ2v) is 5.27. The van der Waals surface area contributed by atoms with Crippen molar-refractivity contribution >= 4 is 5.97 Å². The van der Waals surface area contributed by atoms with Crippen molar-refractivity contribution in [1.29, 1.82) is 0 Å². The molecule has 4 nitrogen and oxygen atoms in total. The molecular formula is C17H22O4. The van der Waals surface area contributed by atoms with Crippen LogP contribution in [-0.2, 0) is 14.3 Å². The lowest BCUT2D eigenvalue weighted by molar-refractivity contribution is -0.174. The Hall–Kier alpha value is -1.65. The standard InChI is InChI=1S/C17H22O4/c18-16(19)11-7-2-1-4-10-15-12-20-13-21-17(15)14-8-5-3-6-9-14/h3,5-9,11,15,17H,1-2,4,10,12-13H2,(H,18,19)/t15-,17-/m1/s1. The fourth-order valence-corrected chi connectivity index (χ4v) is 2.64. The molecule has 0 unspecified atom stereocenters. The molecule has 0 saturated carbocycles. The summed E-state index contributed by atoms with van der Waals surface area (Å²) in [6.45, 7) is 1.09. The smallest absolute Gasteiger partial charge is 0.327 e. The number of allylic oxidation sites excluding steroid dienone is 1. The Balaban J connectivity index is 1.79. The Morgan fingerprint density at radius 3 is 2.86 bits per heavy atom. The minimum absolute atomic E-state index is 0.106. The Bertz CT molecular complexity index is 455. The molecule has 0 spiro atoms. The van der Waals surface area contributed by atoms with Crippen molar-refractivity contribution in [2.75, 3.05) is 13.4 Å². The molecule has 0 bridgehead atoms. The minimum atomic E-state index is -0.881. The first kappa shape index (κ1) is 15.7. The molecule has 0 radical (unpaired) electrons. The summed E-state index contributed by atoms with van der Waals surface area (Å²) < 4.78 is 11.2. The van der Waals surface area contributed by atoms with Crippen molar-refractivity contribution in [2.45, 2.75) is 31.8 Å². The van der Waals surface area contributed by atoms with Crippen molar-refractivity contribution < 1.29 is 19.4 Å². The lowest BCUT2D eigenvalue weighted by Crippen LogP contribution is -2.28. The van der Waals surface area contributed by atoms with Gasteiger partial charge >= 0.3 is 5.97 Å².